The number of ketones is 1. The number of Topliss-reactive ketones (excluding diaryl/α,β-unsaturated/α-hetero) is 1. The third-order valence-corrected chi connectivity index (χ3v) is 3.60. The van der Waals surface area contributed by atoms with Crippen LogP contribution in [0.2, 0.25) is 0 Å². The number of rotatable bonds is 7. The lowest BCUT2D eigenvalue weighted by molar-refractivity contribution is 0.101. The van der Waals surface area contributed by atoms with Gasteiger partial charge in [0.15, 0.2) is 11.6 Å². The predicted octanol–water partition coefficient (Wildman–Crippen LogP) is 4.35. The fourth-order valence-electron chi connectivity index (χ4n) is 2.37. The number of ether oxygens (including phenoxy) is 1. The van der Waals surface area contributed by atoms with Crippen LogP contribution in [-0.4, -0.2) is 27.1 Å². The van der Waals surface area contributed by atoms with Gasteiger partial charge in [0.05, 0.1) is 12.3 Å². The summed E-state index contributed by atoms with van der Waals surface area (Å²) in [6.07, 6.45) is 1.66. The molecule has 0 saturated heterocycles. The van der Waals surface area contributed by atoms with Crippen LogP contribution in [0.3, 0.4) is 0 Å². The van der Waals surface area contributed by atoms with Crippen LogP contribution in [0, 0.1) is 0 Å². The van der Waals surface area contributed by atoms with Gasteiger partial charge in [0.2, 0.25) is 5.95 Å². The van der Waals surface area contributed by atoms with Crippen LogP contribution >= 0.6 is 0 Å². The summed E-state index contributed by atoms with van der Waals surface area (Å²) in [5, 5.41) is 14.2. The highest BCUT2D eigenvalue weighted by Crippen LogP contribution is 2.20. The van der Waals surface area contributed by atoms with Crippen LogP contribution in [0.1, 0.15) is 31.1 Å². The Morgan fingerprint density at radius 2 is 1.59 bits per heavy atom. The largest absolute Gasteiger partial charge is 0.491 e. The van der Waals surface area contributed by atoms with Crippen LogP contribution in [0.5, 0.6) is 5.75 Å². The Morgan fingerprint density at radius 1 is 0.963 bits per heavy atom. The Morgan fingerprint density at radius 3 is 2.22 bits per heavy atom. The molecule has 7 heteroatoms. The fourth-order valence-corrected chi connectivity index (χ4v) is 2.37. The normalized spacial score (nSPS) is 10.5. The van der Waals surface area contributed by atoms with Gasteiger partial charge < -0.3 is 15.4 Å². The quantitative estimate of drug-likeness (QED) is 0.603. The molecule has 0 aliphatic carbocycles. The summed E-state index contributed by atoms with van der Waals surface area (Å²) in [5.41, 5.74) is 2.30. The maximum absolute atomic E-state index is 11.3. The molecule has 138 valence electrons. The number of benzene rings is 2. The van der Waals surface area contributed by atoms with E-state index in [0.29, 0.717) is 17.3 Å². The van der Waals surface area contributed by atoms with E-state index in [9.17, 15) is 4.79 Å². The van der Waals surface area contributed by atoms with E-state index in [1.165, 1.54) is 13.1 Å². The topological polar surface area (TPSA) is 89.0 Å². The molecule has 2 aromatic carbocycles. The minimum atomic E-state index is 0.0292. The van der Waals surface area contributed by atoms with Crippen LogP contribution < -0.4 is 15.4 Å². The van der Waals surface area contributed by atoms with Gasteiger partial charge in [0.25, 0.3) is 0 Å². The lowest BCUT2D eigenvalue weighted by Crippen LogP contribution is -2.05. The molecule has 0 amide bonds. The highest BCUT2D eigenvalue weighted by Gasteiger charge is 2.04. The first kappa shape index (κ1) is 18.3. The van der Waals surface area contributed by atoms with Crippen LogP contribution in [0.15, 0.2) is 54.7 Å². The van der Waals surface area contributed by atoms with E-state index in [4.69, 9.17) is 4.74 Å². The first-order valence-electron chi connectivity index (χ1n) is 8.61. The zero-order valence-electron chi connectivity index (χ0n) is 15.4. The molecule has 0 radical (unpaired) electrons. The summed E-state index contributed by atoms with van der Waals surface area (Å²) in [6, 6.07) is 14.7. The van der Waals surface area contributed by atoms with Gasteiger partial charge in [-0.3, -0.25) is 4.79 Å². The zero-order valence-corrected chi connectivity index (χ0v) is 15.4. The molecule has 1 heterocycles. The number of nitrogens with one attached hydrogen (secondary N) is 2. The van der Waals surface area contributed by atoms with E-state index in [0.717, 1.165) is 17.1 Å². The standard InChI is InChI=1S/C20H21N5O2/c1-13(2)27-18-10-8-17(9-11-18)23-20-24-19(12-21-25-20)22-16-6-4-15(5-7-16)14(3)26/h4-13H,1-3H3,(H2,22,23,24,25). The van der Waals surface area contributed by atoms with Crippen molar-refractivity contribution in [3.63, 3.8) is 0 Å². The zero-order chi connectivity index (χ0) is 19.2. The Hall–Kier alpha value is -3.48. The SMILES string of the molecule is CC(=O)c1ccc(Nc2cnnc(Nc3ccc(OC(C)C)cc3)n2)cc1. The number of nitrogens with zero attached hydrogens (tertiary/aromatic N) is 3. The Balaban J connectivity index is 1.67. The maximum atomic E-state index is 11.3. The van der Waals surface area contributed by atoms with Crippen molar-refractivity contribution in [2.75, 3.05) is 10.6 Å². The first-order chi connectivity index (χ1) is 13.0. The van der Waals surface area contributed by atoms with Gasteiger partial charge >= 0.3 is 0 Å². The number of carbonyl (C=O) groups is 1. The summed E-state index contributed by atoms with van der Waals surface area (Å²) in [7, 11) is 0. The molecule has 0 bridgehead atoms. The summed E-state index contributed by atoms with van der Waals surface area (Å²) in [5.74, 6) is 1.75. The van der Waals surface area contributed by atoms with Gasteiger partial charge in [-0.25, -0.2) is 0 Å². The van der Waals surface area contributed by atoms with E-state index >= 15 is 0 Å². The third-order valence-electron chi connectivity index (χ3n) is 3.60. The molecular weight excluding hydrogens is 342 g/mol. The lowest BCUT2D eigenvalue weighted by atomic mass is 10.1. The van der Waals surface area contributed by atoms with Gasteiger partial charge in [-0.1, -0.05) is 0 Å². The van der Waals surface area contributed by atoms with E-state index in [2.05, 4.69) is 25.8 Å². The Kier molecular flexibility index (Phi) is 5.61. The Bertz CT molecular complexity index is 908. The van der Waals surface area contributed by atoms with Gasteiger partial charge in [-0.15, -0.1) is 5.10 Å². The predicted molar refractivity (Wildman–Crippen MR) is 105 cm³/mol. The molecule has 0 aliphatic rings. The monoisotopic (exact) mass is 363 g/mol. The lowest BCUT2D eigenvalue weighted by Gasteiger charge is -2.11. The van der Waals surface area contributed by atoms with Crippen molar-refractivity contribution >= 4 is 28.9 Å². The molecule has 0 aliphatic heterocycles. The van der Waals surface area contributed by atoms with Gasteiger partial charge in [-0.2, -0.15) is 10.1 Å². The molecule has 0 unspecified atom stereocenters. The second kappa shape index (κ2) is 8.27. The van der Waals surface area contributed by atoms with Crippen molar-refractivity contribution in [3.8, 4) is 5.75 Å². The fraction of sp³-hybridized carbons (Fsp3) is 0.200. The van der Waals surface area contributed by atoms with Gasteiger partial charge in [0.1, 0.15) is 5.75 Å². The minimum Gasteiger partial charge on any atom is -0.491 e. The summed E-state index contributed by atoms with van der Waals surface area (Å²) < 4.78 is 5.63. The van der Waals surface area contributed by atoms with E-state index in [1.807, 2.05) is 50.2 Å². The molecule has 3 aromatic rings. The molecular formula is C20H21N5O2. The van der Waals surface area contributed by atoms with Gasteiger partial charge in [0, 0.05) is 16.9 Å². The smallest absolute Gasteiger partial charge is 0.249 e. The molecule has 0 saturated carbocycles. The average molecular weight is 363 g/mol. The molecule has 1 aromatic heterocycles. The second-order valence-electron chi connectivity index (χ2n) is 6.24. The van der Waals surface area contributed by atoms with Crippen molar-refractivity contribution in [1.82, 2.24) is 15.2 Å². The number of carbonyl (C=O) groups excluding carboxylic acids is 1. The van der Waals surface area contributed by atoms with Crippen molar-refractivity contribution in [1.29, 1.82) is 0 Å². The highest BCUT2D eigenvalue weighted by molar-refractivity contribution is 5.94. The molecule has 0 spiro atoms. The van der Waals surface area contributed by atoms with E-state index < -0.39 is 0 Å². The molecule has 0 fully saturated rings. The van der Waals surface area contributed by atoms with E-state index in [-0.39, 0.29) is 11.9 Å². The van der Waals surface area contributed by atoms with Crippen molar-refractivity contribution < 1.29 is 9.53 Å². The molecule has 7 nitrogen and oxygen atoms in total. The maximum Gasteiger partial charge on any atom is 0.249 e. The number of hydrogen-bond donors (Lipinski definition) is 2. The number of anilines is 4. The second-order valence-corrected chi connectivity index (χ2v) is 6.24. The third kappa shape index (κ3) is 5.24. The van der Waals surface area contributed by atoms with Gasteiger partial charge in [-0.05, 0) is 69.3 Å². The Labute approximate surface area is 157 Å². The summed E-state index contributed by atoms with van der Waals surface area (Å²) in [4.78, 5) is 15.7. The highest BCUT2D eigenvalue weighted by atomic mass is 16.5. The minimum absolute atomic E-state index is 0.0292. The molecule has 3 rings (SSSR count). The van der Waals surface area contributed by atoms with Crippen LogP contribution in [0.4, 0.5) is 23.1 Å². The number of aromatic nitrogens is 3. The molecule has 27 heavy (non-hydrogen) atoms. The average Bonchev–Trinajstić information content (AvgIpc) is 2.64. The number of hydrogen-bond acceptors (Lipinski definition) is 7. The van der Waals surface area contributed by atoms with Crippen LogP contribution in [0.25, 0.3) is 0 Å². The van der Waals surface area contributed by atoms with Crippen molar-refractivity contribution in [2.45, 2.75) is 26.9 Å². The van der Waals surface area contributed by atoms with Crippen LogP contribution in [-0.2, 0) is 0 Å². The summed E-state index contributed by atoms with van der Waals surface area (Å²) in [6.45, 7) is 5.51. The van der Waals surface area contributed by atoms with E-state index in [1.54, 1.807) is 12.1 Å². The first-order valence-corrected chi connectivity index (χ1v) is 8.61. The molecule has 2 N–H and O–H groups in total. The van der Waals surface area contributed by atoms with Crippen molar-refractivity contribution in [3.05, 3.63) is 60.3 Å². The molecule has 0 atom stereocenters. The van der Waals surface area contributed by atoms with Crippen molar-refractivity contribution in [2.24, 2.45) is 0 Å². The summed E-state index contributed by atoms with van der Waals surface area (Å²) >= 11 is 0.